The highest BCUT2D eigenvalue weighted by Crippen LogP contribution is 2.20. The molecule has 0 unspecified atom stereocenters. The number of hydrogen-bond donors (Lipinski definition) is 0. The van der Waals surface area contributed by atoms with Crippen LogP contribution in [0.15, 0.2) is 29.6 Å². The van der Waals surface area contributed by atoms with Crippen molar-refractivity contribution in [2.45, 2.75) is 52.1 Å². The zero-order valence-corrected chi connectivity index (χ0v) is 15.4. The fourth-order valence-electron chi connectivity index (χ4n) is 3.23. The van der Waals surface area contributed by atoms with E-state index in [0.717, 1.165) is 51.3 Å². The van der Waals surface area contributed by atoms with Crippen LogP contribution in [0, 0.1) is 5.92 Å². The van der Waals surface area contributed by atoms with Gasteiger partial charge in [0.05, 0.1) is 31.0 Å². The molecule has 7 nitrogen and oxygen atoms in total. The lowest BCUT2D eigenvalue weighted by Gasteiger charge is -2.32. The molecule has 2 aromatic rings. The molecule has 7 heteroatoms. The Labute approximate surface area is 148 Å². The molecule has 0 spiro atoms. The van der Waals surface area contributed by atoms with Crippen LogP contribution in [0.1, 0.15) is 39.3 Å². The van der Waals surface area contributed by atoms with Crippen LogP contribution in [0.4, 0.5) is 0 Å². The molecule has 1 fully saturated rings. The minimum absolute atomic E-state index is 0.0621. The van der Waals surface area contributed by atoms with Gasteiger partial charge < -0.3 is 4.90 Å². The standard InChI is InChI=1S/C18H28N6O/c1-18(2,3)16-12-17(25)23(14-19-16)13-15-4-8-22(9-5-15)10-11-24-20-6-7-21-24/h6-7,12,14-15H,4-5,8-11,13H2,1-3H3. The van der Waals surface area contributed by atoms with Crippen molar-refractivity contribution >= 4 is 0 Å². The van der Waals surface area contributed by atoms with Crippen LogP contribution in [0.25, 0.3) is 0 Å². The van der Waals surface area contributed by atoms with Crippen molar-refractivity contribution in [1.82, 2.24) is 29.4 Å². The van der Waals surface area contributed by atoms with E-state index in [1.807, 2.05) is 0 Å². The first-order valence-corrected chi connectivity index (χ1v) is 9.05. The van der Waals surface area contributed by atoms with Gasteiger partial charge in [-0.2, -0.15) is 15.0 Å². The van der Waals surface area contributed by atoms with Crippen LogP contribution in [-0.4, -0.2) is 49.1 Å². The van der Waals surface area contributed by atoms with E-state index in [1.165, 1.54) is 0 Å². The highest BCUT2D eigenvalue weighted by atomic mass is 16.1. The molecule has 0 radical (unpaired) electrons. The molecule has 2 aromatic heterocycles. The Bertz CT molecular complexity index is 723. The number of hydrogen-bond acceptors (Lipinski definition) is 5. The molecule has 136 valence electrons. The van der Waals surface area contributed by atoms with Crippen molar-refractivity contribution in [3.63, 3.8) is 0 Å². The minimum atomic E-state index is -0.0903. The summed E-state index contributed by atoms with van der Waals surface area (Å²) in [6.07, 6.45) is 7.37. The Morgan fingerprint density at radius 3 is 2.40 bits per heavy atom. The second kappa shape index (κ2) is 7.47. The summed E-state index contributed by atoms with van der Waals surface area (Å²) >= 11 is 0. The number of nitrogens with zero attached hydrogens (tertiary/aromatic N) is 6. The van der Waals surface area contributed by atoms with Gasteiger partial charge in [-0.1, -0.05) is 20.8 Å². The third-order valence-corrected chi connectivity index (χ3v) is 4.89. The first-order valence-electron chi connectivity index (χ1n) is 9.05. The molecule has 0 amide bonds. The van der Waals surface area contributed by atoms with Gasteiger partial charge in [0.1, 0.15) is 0 Å². The lowest BCUT2D eigenvalue weighted by atomic mass is 9.92. The topological polar surface area (TPSA) is 68.8 Å². The van der Waals surface area contributed by atoms with Gasteiger partial charge in [-0.15, -0.1) is 0 Å². The normalized spacial score (nSPS) is 17.1. The summed E-state index contributed by atoms with van der Waals surface area (Å²) in [4.78, 5) is 21.0. The molecule has 0 aliphatic carbocycles. The second-order valence-electron chi connectivity index (χ2n) is 7.92. The molecule has 3 heterocycles. The van der Waals surface area contributed by atoms with Crippen molar-refractivity contribution in [3.05, 3.63) is 40.8 Å². The predicted octanol–water partition coefficient (Wildman–Crippen LogP) is 1.54. The maximum Gasteiger partial charge on any atom is 0.253 e. The van der Waals surface area contributed by atoms with Crippen molar-refractivity contribution in [1.29, 1.82) is 0 Å². The summed E-state index contributed by atoms with van der Waals surface area (Å²) in [5, 5.41) is 8.28. The molecule has 0 aromatic carbocycles. The van der Waals surface area contributed by atoms with Crippen LogP contribution >= 0.6 is 0 Å². The van der Waals surface area contributed by atoms with E-state index < -0.39 is 0 Å². The van der Waals surface area contributed by atoms with Gasteiger partial charge in [0.15, 0.2) is 0 Å². The van der Waals surface area contributed by atoms with Gasteiger partial charge in [-0.3, -0.25) is 9.36 Å². The van der Waals surface area contributed by atoms with Crippen LogP contribution < -0.4 is 5.56 Å². The average molecular weight is 344 g/mol. The van der Waals surface area contributed by atoms with E-state index in [4.69, 9.17) is 0 Å². The Kier molecular flexibility index (Phi) is 5.32. The van der Waals surface area contributed by atoms with Gasteiger partial charge in [-0.05, 0) is 31.8 Å². The number of rotatable bonds is 5. The highest BCUT2D eigenvalue weighted by molar-refractivity contribution is 5.10. The van der Waals surface area contributed by atoms with Crippen LogP contribution in [0.3, 0.4) is 0 Å². The molecule has 0 N–H and O–H groups in total. The molecular formula is C18H28N6O. The van der Waals surface area contributed by atoms with Gasteiger partial charge in [0.25, 0.3) is 5.56 Å². The molecule has 1 aliphatic rings. The molecule has 0 bridgehead atoms. The molecule has 0 atom stereocenters. The number of aromatic nitrogens is 5. The summed E-state index contributed by atoms with van der Waals surface area (Å²) in [7, 11) is 0. The maximum absolute atomic E-state index is 12.4. The summed E-state index contributed by atoms with van der Waals surface area (Å²) in [6.45, 7) is 10.9. The predicted molar refractivity (Wildman–Crippen MR) is 96.4 cm³/mol. The molecule has 1 aliphatic heterocycles. The summed E-state index contributed by atoms with van der Waals surface area (Å²) in [6, 6.07) is 1.69. The second-order valence-corrected chi connectivity index (χ2v) is 7.92. The van der Waals surface area contributed by atoms with E-state index >= 15 is 0 Å². The van der Waals surface area contributed by atoms with Crippen LogP contribution in [0.5, 0.6) is 0 Å². The molecular weight excluding hydrogens is 316 g/mol. The maximum atomic E-state index is 12.4. The van der Waals surface area contributed by atoms with E-state index in [9.17, 15) is 4.79 Å². The lowest BCUT2D eigenvalue weighted by Crippen LogP contribution is -2.38. The fraction of sp³-hybridized carbons (Fsp3) is 0.667. The third kappa shape index (κ3) is 4.75. The van der Waals surface area contributed by atoms with Gasteiger partial charge in [-0.25, -0.2) is 4.98 Å². The van der Waals surface area contributed by atoms with E-state index in [1.54, 1.807) is 34.2 Å². The summed E-state index contributed by atoms with van der Waals surface area (Å²) in [5.74, 6) is 0.541. The van der Waals surface area contributed by atoms with Gasteiger partial charge in [0.2, 0.25) is 0 Å². The SMILES string of the molecule is CC(C)(C)c1cc(=O)n(CC2CCN(CCn3nccn3)CC2)cn1. The van der Waals surface area contributed by atoms with Crippen molar-refractivity contribution in [2.24, 2.45) is 5.92 Å². The molecule has 25 heavy (non-hydrogen) atoms. The van der Waals surface area contributed by atoms with E-state index in [0.29, 0.717) is 5.92 Å². The zero-order valence-electron chi connectivity index (χ0n) is 15.4. The fourth-order valence-corrected chi connectivity index (χ4v) is 3.23. The van der Waals surface area contributed by atoms with Gasteiger partial charge in [0, 0.05) is 24.6 Å². The molecule has 3 rings (SSSR count). The Balaban J connectivity index is 1.49. The number of piperidine rings is 1. The Morgan fingerprint density at radius 2 is 1.80 bits per heavy atom. The number of likely N-dealkylation sites (tertiary alicyclic amines) is 1. The minimum Gasteiger partial charge on any atom is -0.301 e. The zero-order chi connectivity index (χ0) is 17.9. The Hall–Kier alpha value is -2.02. The highest BCUT2D eigenvalue weighted by Gasteiger charge is 2.21. The molecule has 1 saturated heterocycles. The van der Waals surface area contributed by atoms with Crippen LogP contribution in [-0.2, 0) is 18.5 Å². The quantitative estimate of drug-likeness (QED) is 0.823. The Morgan fingerprint density at radius 1 is 1.12 bits per heavy atom. The smallest absolute Gasteiger partial charge is 0.253 e. The first kappa shape index (κ1) is 17.8. The largest absolute Gasteiger partial charge is 0.301 e. The van der Waals surface area contributed by atoms with Crippen molar-refractivity contribution < 1.29 is 0 Å². The first-order chi connectivity index (χ1) is 11.9. The van der Waals surface area contributed by atoms with Crippen molar-refractivity contribution in [3.8, 4) is 0 Å². The monoisotopic (exact) mass is 344 g/mol. The van der Waals surface area contributed by atoms with Crippen molar-refractivity contribution in [2.75, 3.05) is 19.6 Å². The van der Waals surface area contributed by atoms with E-state index in [2.05, 4.69) is 40.9 Å². The summed E-state index contributed by atoms with van der Waals surface area (Å²) < 4.78 is 1.77. The van der Waals surface area contributed by atoms with E-state index in [-0.39, 0.29) is 11.0 Å². The van der Waals surface area contributed by atoms with Crippen LogP contribution in [0.2, 0.25) is 0 Å². The van der Waals surface area contributed by atoms with Gasteiger partial charge >= 0.3 is 0 Å². The average Bonchev–Trinajstić information content (AvgIpc) is 3.08. The lowest BCUT2D eigenvalue weighted by molar-refractivity contribution is 0.164. The third-order valence-electron chi connectivity index (χ3n) is 4.89. The molecule has 0 saturated carbocycles. The summed E-state index contributed by atoms with van der Waals surface area (Å²) in [5.41, 5.74) is 0.829.